The van der Waals surface area contributed by atoms with Gasteiger partial charge >= 0.3 is 11.9 Å². The molecule has 15 heteroatoms. The van der Waals surface area contributed by atoms with Gasteiger partial charge in [0.05, 0.1) is 24.0 Å². The highest BCUT2D eigenvalue weighted by molar-refractivity contribution is 6.12. The summed E-state index contributed by atoms with van der Waals surface area (Å²) in [6, 6.07) is 1.07. The van der Waals surface area contributed by atoms with Crippen LogP contribution in [0, 0.1) is 6.92 Å². The van der Waals surface area contributed by atoms with E-state index in [4.69, 9.17) is 18.3 Å². The summed E-state index contributed by atoms with van der Waals surface area (Å²) in [5.41, 5.74) is -2.51. The molecule has 5 rings (SSSR count). The van der Waals surface area contributed by atoms with E-state index in [9.17, 15) is 29.7 Å². The Kier molecular flexibility index (Phi) is 5.63. The van der Waals surface area contributed by atoms with E-state index in [1.165, 1.54) is 30.9 Å². The molecule has 5 heterocycles. The van der Waals surface area contributed by atoms with Crippen LogP contribution >= 0.6 is 0 Å². The molecule has 1 saturated heterocycles. The highest BCUT2D eigenvalue weighted by atomic mass is 16.6. The zero-order valence-corrected chi connectivity index (χ0v) is 18.9. The van der Waals surface area contributed by atoms with Crippen LogP contribution in [0.5, 0.6) is 0 Å². The van der Waals surface area contributed by atoms with Crippen molar-refractivity contribution in [3.63, 3.8) is 0 Å². The third kappa shape index (κ3) is 3.83. The molecule has 5 N–H and O–H groups in total. The van der Waals surface area contributed by atoms with Gasteiger partial charge < -0.3 is 43.5 Å². The first-order valence-corrected chi connectivity index (χ1v) is 10.7. The zero-order valence-electron chi connectivity index (χ0n) is 18.9. The van der Waals surface area contributed by atoms with Gasteiger partial charge in [0.15, 0.2) is 24.4 Å². The molecule has 2 aliphatic rings. The van der Waals surface area contributed by atoms with Crippen molar-refractivity contribution in [1.82, 2.24) is 9.55 Å². The van der Waals surface area contributed by atoms with Gasteiger partial charge in [0.25, 0.3) is 5.56 Å². The van der Waals surface area contributed by atoms with Crippen LogP contribution in [0.15, 0.2) is 35.7 Å². The van der Waals surface area contributed by atoms with Crippen molar-refractivity contribution < 1.29 is 38.4 Å². The van der Waals surface area contributed by atoms with Crippen molar-refractivity contribution in [2.45, 2.75) is 44.5 Å². The Morgan fingerprint density at radius 3 is 2.81 bits per heavy atom. The minimum absolute atomic E-state index is 0.0000790. The average Bonchev–Trinajstić information content (AvgIpc) is 3.40. The van der Waals surface area contributed by atoms with Gasteiger partial charge in [0.2, 0.25) is 0 Å². The third-order valence-corrected chi connectivity index (χ3v) is 6.00. The van der Waals surface area contributed by atoms with Crippen LogP contribution in [-0.2, 0) is 16.1 Å². The van der Waals surface area contributed by atoms with E-state index in [0.717, 1.165) is 6.07 Å². The van der Waals surface area contributed by atoms with Crippen LogP contribution in [0.1, 0.15) is 24.7 Å². The summed E-state index contributed by atoms with van der Waals surface area (Å²) in [6.07, 6.45) is -1.88. The Hall–Kier alpha value is -4.05. The van der Waals surface area contributed by atoms with Gasteiger partial charge in [-0.2, -0.15) is 4.98 Å². The maximum absolute atomic E-state index is 12.5. The first-order chi connectivity index (χ1) is 17.1. The Morgan fingerprint density at radius 1 is 1.36 bits per heavy atom. The smallest absolute Gasteiger partial charge is 0.441 e. The number of anilines is 2. The second-order valence-corrected chi connectivity index (χ2v) is 8.42. The number of aryl methyl sites for hydroxylation is 1. The number of rotatable bonds is 5. The van der Waals surface area contributed by atoms with Crippen molar-refractivity contribution in [2.24, 2.45) is 4.99 Å². The van der Waals surface area contributed by atoms with E-state index < -0.39 is 54.7 Å². The van der Waals surface area contributed by atoms with E-state index in [-0.39, 0.29) is 34.2 Å². The number of hydrogen-bond donors (Lipinski definition) is 5. The molecule has 0 saturated carbocycles. The molecular formula is C21H21N5O10. The van der Waals surface area contributed by atoms with Gasteiger partial charge in [-0.3, -0.25) is 10.1 Å². The lowest BCUT2D eigenvalue weighted by atomic mass is 9.96. The Bertz CT molecular complexity index is 1500. The van der Waals surface area contributed by atoms with Crippen LogP contribution in [0.4, 0.5) is 22.1 Å². The molecule has 0 spiro atoms. The van der Waals surface area contributed by atoms with Crippen LogP contribution in [0.2, 0.25) is 0 Å². The normalized spacial score (nSPS) is 24.6. The van der Waals surface area contributed by atoms with Crippen LogP contribution in [-0.4, -0.2) is 61.7 Å². The molecule has 4 atom stereocenters. The van der Waals surface area contributed by atoms with E-state index in [1.807, 2.05) is 0 Å². The molecule has 3 aromatic heterocycles. The van der Waals surface area contributed by atoms with Gasteiger partial charge in [-0.05, 0) is 13.8 Å². The lowest BCUT2D eigenvalue weighted by molar-refractivity contribution is -0.0955. The summed E-state index contributed by atoms with van der Waals surface area (Å²) < 4.78 is 21.7. The van der Waals surface area contributed by atoms with Crippen molar-refractivity contribution in [1.29, 1.82) is 0 Å². The predicted octanol–water partition coefficient (Wildman–Crippen LogP) is 0.0867. The van der Waals surface area contributed by atoms with Crippen LogP contribution < -0.4 is 22.0 Å². The molecule has 0 aliphatic carbocycles. The van der Waals surface area contributed by atoms with Crippen molar-refractivity contribution in [2.75, 3.05) is 17.2 Å². The number of ether oxygens (including phenoxy) is 2. The largest absolute Gasteiger partial charge is 0.519 e. The minimum Gasteiger partial charge on any atom is -0.441 e. The van der Waals surface area contributed by atoms with Crippen LogP contribution in [0.3, 0.4) is 0 Å². The molecule has 2 aliphatic heterocycles. The molecule has 0 aromatic carbocycles. The topological polar surface area (TPSA) is 211 Å². The number of amides is 1. The van der Waals surface area contributed by atoms with E-state index in [0.29, 0.717) is 5.39 Å². The van der Waals surface area contributed by atoms with Crippen molar-refractivity contribution in [3.8, 4) is 0 Å². The monoisotopic (exact) mass is 503 g/mol. The Labute approximate surface area is 200 Å². The number of aliphatic hydroxyl groups excluding tert-OH is 2. The van der Waals surface area contributed by atoms with Crippen LogP contribution in [0.25, 0.3) is 10.8 Å². The highest BCUT2D eigenvalue weighted by Gasteiger charge is 2.53. The lowest BCUT2D eigenvalue weighted by Gasteiger charge is -2.28. The number of hydrogen-bond acceptors (Lipinski definition) is 13. The number of nitrogens with zero attached hydrogens (tertiary/aromatic N) is 3. The van der Waals surface area contributed by atoms with Gasteiger partial charge in [0.1, 0.15) is 29.4 Å². The number of aliphatic imine (C=N–C) groups is 1. The first kappa shape index (κ1) is 23.7. The summed E-state index contributed by atoms with van der Waals surface area (Å²) >= 11 is 0. The number of nitrogens with one attached hydrogen (secondary N) is 2. The summed E-state index contributed by atoms with van der Waals surface area (Å²) in [4.78, 5) is 44.4. The van der Waals surface area contributed by atoms with E-state index >= 15 is 0 Å². The molecule has 15 nitrogen and oxygen atoms in total. The minimum atomic E-state index is -1.82. The molecular weight excluding hydrogens is 482 g/mol. The fourth-order valence-corrected chi connectivity index (χ4v) is 4.20. The highest BCUT2D eigenvalue weighted by Crippen LogP contribution is 2.45. The maximum Gasteiger partial charge on any atom is 0.519 e. The number of aliphatic hydroxyl groups is 3. The standard InChI is InChI=1S/C21H21N5O10/c1-8-12(36-20(31)34-8)6-33-19(30)24-10-3-13(28)25-16-14-9(10)4-26(17(14)23-7-22-16)18-21(2,32)15(29)11(5-27)35-18/h3-4,7,11,15,18,27,29,32H,5-6H2,1-2H3,(H,24,30)(H,22,23,25,28)/t11-,15-,18-,21+/m1/s1. The molecule has 0 unspecified atom stereocenters. The second-order valence-electron chi connectivity index (χ2n) is 8.42. The zero-order chi connectivity index (χ0) is 25.8. The van der Waals surface area contributed by atoms with Gasteiger partial charge in [-0.15, -0.1) is 0 Å². The van der Waals surface area contributed by atoms with E-state index in [1.54, 1.807) is 0 Å². The summed E-state index contributed by atoms with van der Waals surface area (Å²) in [7, 11) is 0. The van der Waals surface area contributed by atoms with Gasteiger partial charge in [-0.25, -0.2) is 14.6 Å². The maximum atomic E-state index is 12.5. The molecule has 3 aromatic rings. The number of carbonyl (C=O) groups is 1. The molecule has 0 bridgehead atoms. The summed E-state index contributed by atoms with van der Waals surface area (Å²) in [5.74, 6) is -0.422. The Morgan fingerprint density at radius 2 is 2.14 bits per heavy atom. The van der Waals surface area contributed by atoms with E-state index in [2.05, 4.69) is 20.6 Å². The summed E-state index contributed by atoms with van der Waals surface area (Å²) in [5, 5.41) is 36.7. The molecule has 0 radical (unpaired) electrons. The molecule has 1 fully saturated rings. The fraction of sp³-hybridized carbons (Fsp3) is 0.381. The average molecular weight is 503 g/mol. The number of carbonyl (C=O) groups excluding carboxylic acids is 1. The second kappa shape index (κ2) is 8.56. The Balaban J connectivity index is 1.55. The lowest BCUT2D eigenvalue weighted by Crippen LogP contribution is -2.44. The molecule has 36 heavy (non-hydrogen) atoms. The molecule has 190 valence electrons. The van der Waals surface area contributed by atoms with Gasteiger partial charge in [-0.1, -0.05) is 0 Å². The SMILES string of the molecule is Cc1oc(=O)oc1COC(=O)Nc1cc(=O)nc2c3c(n([C@@H]4O[C@H](CO)[C@@H](O)[C@]4(C)O)cc13)N=CN2. The summed E-state index contributed by atoms with van der Waals surface area (Å²) in [6.45, 7) is 1.87. The van der Waals surface area contributed by atoms with Crippen molar-refractivity contribution in [3.05, 3.63) is 44.8 Å². The van der Waals surface area contributed by atoms with Crippen molar-refractivity contribution >= 4 is 40.5 Å². The quantitative estimate of drug-likeness (QED) is 0.313. The fourth-order valence-electron chi connectivity index (χ4n) is 4.20. The van der Waals surface area contributed by atoms with Gasteiger partial charge in [0, 0.05) is 17.6 Å². The molecule has 1 amide bonds. The predicted molar refractivity (Wildman–Crippen MR) is 121 cm³/mol. The third-order valence-electron chi connectivity index (χ3n) is 6.00. The first-order valence-electron chi connectivity index (χ1n) is 10.7. The number of aromatic nitrogens is 2.